The Morgan fingerprint density at radius 1 is 0.635 bits per heavy atom. The highest BCUT2D eigenvalue weighted by Crippen LogP contribution is 2.26. The molecule has 0 saturated carbocycles. The molecule has 2 fully saturated rings. The van der Waals surface area contributed by atoms with E-state index >= 15 is 0 Å². The van der Waals surface area contributed by atoms with E-state index in [1.54, 1.807) is 18.4 Å². The van der Waals surface area contributed by atoms with Crippen LogP contribution in [0.25, 0.3) is 0 Å². The number of rotatable bonds is 18. The number of nitrogens with one attached hydrogen (secondary N) is 2. The number of carbonyl (C=O) groups is 4. The number of hydrogen-bond donors (Lipinski definition) is 2. The van der Waals surface area contributed by atoms with Crippen molar-refractivity contribution in [3.8, 4) is 0 Å². The van der Waals surface area contributed by atoms with Crippen LogP contribution in [-0.2, 0) is 43.0 Å². The minimum absolute atomic E-state index is 0.0587. The summed E-state index contributed by atoms with van der Waals surface area (Å²) in [5, 5.41) is 5.43. The lowest BCUT2D eigenvalue weighted by atomic mass is 9.91. The minimum Gasteiger partial charge on any atom is -0.444 e. The maximum Gasteiger partial charge on any atom is 0.410 e. The summed E-state index contributed by atoms with van der Waals surface area (Å²) in [4.78, 5) is 52.1. The van der Waals surface area contributed by atoms with Gasteiger partial charge in [0.25, 0.3) is 11.8 Å². The molecule has 15 heteroatoms. The molecule has 13 nitrogen and oxygen atoms in total. The SMILES string of the molecule is CC(C)(C)OC(=O)N1CCC(CCCCc2ccc(C(=O)NCCS(C)(=O)=O)cc2)CC1.CS(=O)CCNC(=O)c1ccc(CCCCC2CCN(C(=O)OC(C)(C)C)CC2)cc1. The first-order valence-electron chi connectivity index (χ1n) is 22.7. The molecule has 0 bridgehead atoms. The average Bonchev–Trinajstić information content (AvgIpc) is 3.20. The highest BCUT2D eigenvalue weighted by Gasteiger charge is 2.28. The number of carbonyl (C=O) groups excluding carboxylic acids is 4. The van der Waals surface area contributed by atoms with Crippen LogP contribution in [0, 0.1) is 11.8 Å². The predicted molar refractivity (Wildman–Crippen MR) is 252 cm³/mol. The Balaban J connectivity index is 0.000000335. The van der Waals surface area contributed by atoms with Gasteiger partial charge in [-0.3, -0.25) is 13.8 Å². The molecule has 2 aromatic carbocycles. The number of hydrogen-bond acceptors (Lipinski definition) is 9. The number of ether oxygens (including phenoxy) is 2. The maximum absolute atomic E-state index is 12.1. The van der Waals surface area contributed by atoms with Crippen molar-refractivity contribution in [3.63, 3.8) is 0 Å². The molecule has 2 heterocycles. The van der Waals surface area contributed by atoms with Crippen molar-refractivity contribution in [1.82, 2.24) is 20.4 Å². The molecule has 0 aromatic heterocycles. The van der Waals surface area contributed by atoms with E-state index < -0.39 is 31.8 Å². The Morgan fingerprint density at radius 3 is 1.33 bits per heavy atom. The summed E-state index contributed by atoms with van der Waals surface area (Å²) in [7, 11) is -3.98. The standard InChI is InChI=1S/C24H38N2O5S.C24H38N2O4S/c1-24(2,3)31-23(28)26-16-13-20(14-17-26)8-6-5-7-19-9-11-21(12-10-19)22(27)25-15-18-32(4,29)30;1-24(2,3)30-23(28)26-16-13-20(14-17-26)8-6-5-7-19-9-11-21(12-10-19)22(27)25-15-18-31(4)29/h9-12,20H,5-8,13-18H2,1-4H3,(H,25,27);9-12,20H,5-8,13-18H2,1-4H3,(H,25,27). The van der Waals surface area contributed by atoms with Crippen LogP contribution in [0.15, 0.2) is 48.5 Å². The molecule has 63 heavy (non-hydrogen) atoms. The van der Waals surface area contributed by atoms with Gasteiger partial charge >= 0.3 is 12.2 Å². The van der Waals surface area contributed by atoms with E-state index in [0.717, 1.165) is 90.2 Å². The Labute approximate surface area is 380 Å². The molecule has 0 aliphatic carbocycles. The smallest absolute Gasteiger partial charge is 0.410 e. The van der Waals surface area contributed by atoms with E-state index in [4.69, 9.17) is 9.47 Å². The molecule has 1 unspecified atom stereocenters. The first kappa shape index (κ1) is 53.4. The van der Waals surface area contributed by atoms with Crippen LogP contribution >= 0.6 is 0 Å². The molecule has 0 spiro atoms. The van der Waals surface area contributed by atoms with Gasteiger partial charge < -0.3 is 29.9 Å². The topological polar surface area (TPSA) is 168 Å². The summed E-state index contributed by atoms with van der Waals surface area (Å²) in [6.45, 7) is 15.0. The van der Waals surface area contributed by atoms with Crippen molar-refractivity contribution >= 4 is 44.6 Å². The van der Waals surface area contributed by atoms with Crippen LogP contribution in [0.4, 0.5) is 9.59 Å². The van der Waals surface area contributed by atoms with Crippen LogP contribution < -0.4 is 10.6 Å². The average molecular weight is 917 g/mol. The molecule has 4 amide bonds. The van der Waals surface area contributed by atoms with Gasteiger partial charge in [0.05, 0.1) is 5.75 Å². The zero-order valence-electron chi connectivity index (χ0n) is 39.3. The molecular weight excluding hydrogens is 841 g/mol. The van der Waals surface area contributed by atoms with Crippen molar-refractivity contribution in [3.05, 3.63) is 70.8 Å². The molecule has 354 valence electrons. The lowest BCUT2D eigenvalue weighted by Crippen LogP contribution is -2.41. The third-order valence-electron chi connectivity index (χ3n) is 11.1. The van der Waals surface area contributed by atoms with Crippen molar-refractivity contribution in [1.29, 1.82) is 0 Å². The number of amides is 4. The Bertz CT molecular complexity index is 1860. The number of nitrogens with zero attached hydrogens (tertiary/aromatic N) is 2. The molecule has 2 aromatic rings. The lowest BCUT2D eigenvalue weighted by molar-refractivity contribution is 0.0170. The van der Waals surface area contributed by atoms with Crippen LogP contribution in [0.5, 0.6) is 0 Å². The van der Waals surface area contributed by atoms with Gasteiger partial charge in [0.15, 0.2) is 0 Å². The van der Waals surface area contributed by atoms with Crippen LogP contribution in [-0.4, -0.2) is 121 Å². The quantitative estimate of drug-likeness (QED) is 0.141. The molecule has 0 radical (unpaired) electrons. The number of sulfone groups is 1. The van der Waals surface area contributed by atoms with Crippen LogP contribution in [0.3, 0.4) is 0 Å². The number of piperidine rings is 2. The molecular formula is C48H76N4O9S2. The van der Waals surface area contributed by atoms with E-state index in [1.165, 1.54) is 30.4 Å². The summed E-state index contributed by atoms with van der Waals surface area (Å²) >= 11 is 0. The van der Waals surface area contributed by atoms with E-state index in [-0.39, 0.29) is 36.3 Å². The van der Waals surface area contributed by atoms with Gasteiger partial charge in [-0.05, 0) is 140 Å². The van der Waals surface area contributed by atoms with E-state index in [1.807, 2.05) is 87.7 Å². The fraction of sp³-hybridized carbons (Fsp3) is 0.667. The number of likely N-dealkylation sites (tertiary alicyclic amines) is 2. The third-order valence-corrected chi connectivity index (χ3v) is 12.8. The van der Waals surface area contributed by atoms with Gasteiger partial charge in [-0.15, -0.1) is 0 Å². The molecule has 2 aliphatic rings. The summed E-state index contributed by atoms with van der Waals surface area (Å²) in [5.74, 6) is 1.39. The third kappa shape index (κ3) is 23.0. The predicted octanol–water partition coefficient (Wildman–Crippen LogP) is 7.98. The second-order valence-electron chi connectivity index (χ2n) is 19.1. The molecule has 2 saturated heterocycles. The van der Waals surface area contributed by atoms with E-state index in [0.29, 0.717) is 35.3 Å². The molecule has 1 atom stereocenters. The van der Waals surface area contributed by atoms with Gasteiger partial charge in [-0.1, -0.05) is 49.9 Å². The van der Waals surface area contributed by atoms with Crippen LogP contribution in [0.1, 0.15) is 138 Å². The summed E-state index contributed by atoms with van der Waals surface area (Å²) in [6.07, 6.45) is 15.4. The fourth-order valence-electron chi connectivity index (χ4n) is 7.49. The number of unbranched alkanes of at least 4 members (excludes halogenated alkanes) is 2. The zero-order valence-corrected chi connectivity index (χ0v) is 40.9. The normalized spacial score (nSPS) is 15.7. The Hall–Kier alpha value is -3.98. The van der Waals surface area contributed by atoms with Gasteiger partial charge in [-0.2, -0.15) is 0 Å². The van der Waals surface area contributed by atoms with E-state index in [9.17, 15) is 31.8 Å². The van der Waals surface area contributed by atoms with Crippen molar-refractivity contribution in [2.45, 2.75) is 130 Å². The Kier molecular flexibility index (Phi) is 22.1. The van der Waals surface area contributed by atoms with Gasteiger partial charge in [-0.25, -0.2) is 18.0 Å². The summed E-state index contributed by atoms with van der Waals surface area (Å²) < 4.78 is 44.2. The second kappa shape index (κ2) is 26.1. The number of benzene rings is 2. The van der Waals surface area contributed by atoms with Crippen LogP contribution in [0.2, 0.25) is 0 Å². The monoisotopic (exact) mass is 917 g/mol. The molecule has 4 rings (SSSR count). The van der Waals surface area contributed by atoms with Crippen molar-refractivity contribution in [2.24, 2.45) is 11.8 Å². The Morgan fingerprint density at radius 2 is 1.00 bits per heavy atom. The fourth-order valence-corrected chi connectivity index (χ4v) is 8.36. The van der Waals surface area contributed by atoms with Gasteiger partial charge in [0.1, 0.15) is 21.0 Å². The van der Waals surface area contributed by atoms with Crippen molar-refractivity contribution < 1.29 is 41.3 Å². The second-order valence-corrected chi connectivity index (χ2v) is 22.9. The summed E-state index contributed by atoms with van der Waals surface area (Å²) in [6, 6.07) is 15.3. The number of aryl methyl sites for hydroxylation is 2. The minimum atomic E-state index is -3.08. The molecule has 2 aliphatic heterocycles. The highest BCUT2D eigenvalue weighted by atomic mass is 32.2. The first-order valence-corrected chi connectivity index (χ1v) is 26.5. The molecule has 2 N–H and O–H groups in total. The van der Waals surface area contributed by atoms with Crippen molar-refractivity contribution in [2.75, 3.05) is 63.3 Å². The van der Waals surface area contributed by atoms with Gasteiger partial charge in [0.2, 0.25) is 0 Å². The lowest BCUT2D eigenvalue weighted by Gasteiger charge is -2.33. The summed E-state index contributed by atoms with van der Waals surface area (Å²) in [5.41, 5.74) is 2.73. The van der Waals surface area contributed by atoms with Gasteiger partial charge in [0, 0.05) is 79.5 Å². The largest absolute Gasteiger partial charge is 0.444 e. The first-order chi connectivity index (χ1) is 29.6. The van der Waals surface area contributed by atoms with E-state index in [2.05, 4.69) is 10.6 Å². The highest BCUT2D eigenvalue weighted by molar-refractivity contribution is 7.90. The maximum atomic E-state index is 12.1. The zero-order chi connectivity index (χ0) is 46.6.